The standard InChI is InChI=1S/C15H17NO/c1-3-8-13(4-2)15(11-16-12-17)14-9-6-5-7-10-14/h3-10,12,15H,1-2,11H2,(H,16,17)/b13-8+. The van der Waals surface area contributed by atoms with Crippen LogP contribution in [0.1, 0.15) is 11.5 Å². The number of carbonyl (C=O) groups excluding carboxylic acids is 1. The normalized spacial score (nSPS) is 12.6. The van der Waals surface area contributed by atoms with Crippen molar-refractivity contribution >= 4 is 6.41 Å². The molecule has 0 spiro atoms. The minimum Gasteiger partial charge on any atom is -0.358 e. The average Bonchev–Trinajstić information content (AvgIpc) is 2.39. The lowest BCUT2D eigenvalue weighted by atomic mass is 9.90. The molecular formula is C15H17NO. The first-order valence-corrected chi connectivity index (χ1v) is 5.50. The van der Waals surface area contributed by atoms with Crippen LogP contribution in [-0.4, -0.2) is 13.0 Å². The van der Waals surface area contributed by atoms with Crippen LogP contribution in [0.5, 0.6) is 0 Å². The third-order valence-electron chi connectivity index (χ3n) is 2.56. The number of hydrogen-bond acceptors (Lipinski definition) is 1. The predicted molar refractivity (Wildman–Crippen MR) is 71.7 cm³/mol. The van der Waals surface area contributed by atoms with Crippen LogP contribution in [0, 0.1) is 0 Å². The Morgan fingerprint density at radius 3 is 2.53 bits per heavy atom. The van der Waals surface area contributed by atoms with Crippen molar-refractivity contribution in [3.05, 3.63) is 72.9 Å². The van der Waals surface area contributed by atoms with E-state index in [-0.39, 0.29) is 5.92 Å². The molecule has 0 fully saturated rings. The molecular weight excluding hydrogens is 210 g/mol. The fourth-order valence-corrected chi connectivity index (χ4v) is 1.74. The molecule has 17 heavy (non-hydrogen) atoms. The summed E-state index contributed by atoms with van der Waals surface area (Å²) in [5.41, 5.74) is 2.19. The van der Waals surface area contributed by atoms with Crippen molar-refractivity contribution in [1.29, 1.82) is 0 Å². The lowest BCUT2D eigenvalue weighted by molar-refractivity contribution is -0.109. The molecule has 1 aromatic rings. The summed E-state index contributed by atoms with van der Waals surface area (Å²) < 4.78 is 0. The SMILES string of the molecule is C=C/C=C(\C=C)C(CNC=O)c1ccccc1. The molecule has 1 rings (SSSR count). The Kier molecular flexibility index (Phi) is 5.52. The molecule has 0 aromatic heterocycles. The zero-order valence-corrected chi connectivity index (χ0v) is 9.80. The first-order chi connectivity index (χ1) is 8.33. The van der Waals surface area contributed by atoms with Crippen LogP contribution >= 0.6 is 0 Å². The molecule has 0 aliphatic heterocycles. The van der Waals surface area contributed by atoms with E-state index >= 15 is 0 Å². The minimum absolute atomic E-state index is 0.108. The quantitative estimate of drug-likeness (QED) is 0.563. The summed E-state index contributed by atoms with van der Waals surface area (Å²) in [6.07, 6.45) is 6.15. The third-order valence-corrected chi connectivity index (χ3v) is 2.56. The van der Waals surface area contributed by atoms with Gasteiger partial charge in [-0.1, -0.05) is 61.7 Å². The van der Waals surface area contributed by atoms with Crippen LogP contribution in [0.4, 0.5) is 0 Å². The largest absolute Gasteiger partial charge is 0.358 e. The molecule has 2 heteroatoms. The van der Waals surface area contributed by atoms with Gasteiger partial charge in [-0.05, 0) is 11.1 Å². The Balaban J connectivity index is 3.02. The van der Waals surface area contributed by atoms with Crippen molar-refractivity contribution in [2.75, 3.05) is 6.54 Å². The Morgan fingerprint density at radius 2 is 2.00 bits per heavy atom. The summed E-state index contributed by atoms with van der Waals surface area (Å²) >= 11 is 0. The summed E-state index contributed by atoms with van der Waals surface area (Å²) in [7, 11) is 0. The number of amides is 1. The van der Waals surface area contributed by atoms with E-state index in [0.29, 0.717) is 13.0 Å². The van der Waals surface area contributed by atoms with Gasteiger partial charge in [0.2, 0.25) is 6.41 Å². The molecule has 88 valence electrons. The number of carbonyl (C=O) groups is 1. The van der Waals surface area contributed by atoms with E-state index in [2.05, 4.69) is 18.5 Å². The van der Waals surface area contributed by atoms with Gasteiger partial charge >= 0.3 is 0 Å². The lowest BCUT2D eigenvalue weighted by Crippen LogP contribution is -2.21. The fraction of sp³-hybridized carbons (Fsp3) is 0.133. The van der Waals surface area contributed by atoms with Crippen LogP contribution in [0.25, 0.3) is 0 Å². The van der Waals surface area contributed by atoms with Gasteiger partial charge in [-0.25, -0.2) is 0 Å². The molecule has 0 aliphatic carbocycles. The van der Waals surface area contributed by atoms with Gasteiger partial charge in [0.05, 0.1) is 0 Å². The minimum atomic E-state index is 0.108. The zero-order valence-electron chi connectivity index (χ0n) is 9.80. The van der Waals surface area contributed by atoms with Crippen molar-refractivity contribution < 1.29 is 4.79 Å². The van der Waals surface area contributed by atoms with Gasteiger partial charge in [-0.15, -0.1) is 0 Å². The van der Waals surface area contributed by atoms with Gasteiger partial charge in [0.15, 0.2) is 0 Å². The van der Waals surface area contributed by atoms with Crippen molar-refractivity contribution in [2.45, 2.75) is 5.92 Å². The average molecular weight is 227 g/mol. The lowest BCUT2D eigenvalue weighted by Gasteiger charge is -2.18. The van der Waals surface area contributed by atoms with Crippen molar-refractivity contribution in [3.8, 4) is 0 Å². The maximum Gasteiger partial charge on any atom is 0.207 e. The second kappa shape index (κ2) is 7.23. The van der Waals surface area contributed by atoms with Crippen LogP contribution < -0.4 is 5.32 Å². The number of hydrogen-bond donors (Lipinski definition) is 1. The molecule has 2 nitrogen and oxygen atoms in total. The van der Waals surface area contributed by atoms with E-state index in [1.54, 1.807) is 12.2 Å². The summed E-state index contributed by atoms with van der Waals surface area (Å²) in [5.74, 6) is 0.108. The van der Waals surface area contributed by atoms with E-state index in [1.165, 1.54) is 0 Å². The van der Waals surface area contributed by atoms with Gasteiger partial charge in [0.25, 0.3) is 0 Å². The molecule has 0 saturated heterocycles. The monoisotopic (exact) mass is 227 g/mol. The molecule has 0 heterocycles. The highest BCUT2D eigenvalue weighted by Crippen LogP contribution is 2.24. The number of benzene rings is 1. The predicted octanol–water partition coefficient (Wildman–Crippen LogP) is 2.81. The highest BCUT2D eigenvalue weighted by molar-refractivity contribution is 5.47. The number of allylic oxidation sites excluding steroid dienone is 3. The van der Waals surface area contributed by atoms with Crippen molar-refractivity contribution in [1.82, 2.24) is 5.32 Å². The molecule has 1 N–H and O–H groups in total. The van der Waals surface area contributed by atoms with Gasteiger partial charge in [-0.3, -0.25) is 4.79 Å². The number of rotatable bonds is 7. The van der Waals surface area contributed by atoms with Crippen molar-refractivity contribution in [2.24, 2.45) is 0 Å². The Morgan fingerprint density at radius 1 is 1.29 bits per heavy atom. The van der Waals surface area contributed by atoms with Gasteiger partial charge in [0.1, 0.15) is 0 Å². The van der Waals surface area contributed by atoms with Gasteiger partial charge in [-0.2, -0.15) is 0 Å². The second-order valence-electron chi connectivity index (χ2n) is 3.60. The van der Waals surface area contributed by atoms with Crippen LogP contribution in [0.3, 0.4) is 0 Å². The fourth-order valence-electron chi connectivity index (χ4n) is 1.74. The van der Waals surface area contributed by atoms with E-state index < -0.39 is 0 Å². The maximum absolute atomic E-state index is 10.4. The topological polar surface area (TPSA) is 29.1 Å². The third kappa shape index (κ3) is 3.76. The smallest absolute Gasteiger partial charge is 0.207 e. The van der Waals surface area contributed by atoms with Crippen molar-refractivity contribution in [3.63, 3.8) is 0 Å². The molecule has 0 bridgehead atoms. The van der Waals surface area contributed by atoms with Gasteiger partial charge in [0, 0.05) is 12.5 Å². The molecule has 1 atom stereocenters. The first kappa shape index (κ1) is 13.0. The van der Waals surface area contributed by atoms with Crippen LogP contribution in [0.15, 0.2) is 67.3 Å². The molecule has 1 aromatic carbocycles. The zero-order chi connectivity index (χ0) is 12.5. The summed E-state index contributed by atoms with van der Waals surface area (Å²) in [6.45, 7) is 8.05. The Bertz CT molecular complexity index is 406. The second-order valence-corrected chi connectivity index (χ2v) is 3.60. The van der Waals surface area contributed by atoms with E-state index in [9.17, 15) is 4.79 Å². The maximum atomic E-state index is 10.4. The van der Waals surface area contributed by atoms with Crippen LogP contribution in [0.2, 0.25) is 0 Å². The summed E-state index contributed by atoms with van der Waals surface area (Å²) in [5, 5.41) is 2.72. The summed E-state index contributed by atoms with van der Waals surface area (Å²) in [4.78, 5) is 10.4. The molecule has 0 aliphatic rings. The molecule has 0 saturated carbocycles. The Labute approximate surface area is 102 Å². The molecule has 1 unspecified atom stereocenters. The highest BCUT2D eigenvalue weighted by atomic mass is 16.1. The van der Waals surface area contributed by atoms with E-state index in [4.69, 9.17) is 0 Å². The van der Waals surface area contributed by atoms with E-state index in [0.717, 1.165) is 11.1 Å². The highest BCUT2D eigenvalue weighted by Gasteiger charge is 2.13. The number of nitrogens with one attached hydrogen (secondary N) is 1. The first-order valence-electron chi connectivity index (χ1n) is 5.50. The molecule has 0 radical (unpaired) electrons. The molecule has 1 amide bonds. The van der Waals surface area contributed by atoms with Gasteiger partial charge < -0.3 is 5.32 Å². The van der Waals surface area contributed by atoms with Crippen LogP contribution in [-0.2, 0) is 4.79 Å². The Hall–Kier alpha value is -2.09. The summed E-state index contributed by atoms with van der Waals surface area (Å²) in [6, 6.07) is 10.0. The van der Waals surface area contributed by atoms with E-state index in [1.807, 2.05) is 36.4 Å².